The second-order valence-corrected chi connectivity index (χ2v) is 4.59. The Hall–Kier alpha value is -1.56. The Labute approximate surface area is 102 Å². The highest BCUT2D eigenvalue weighted by molar-refractivity contribution is 5.53. The smallest absolute Gasteiger partial charge is 0.126 e. The Morgan fingerprint density at radius 3 is 2.76 bits per heavy atom. The number of nitrogens with zero attached hydrogens (tertiary/aromatic N) is 2. The Morgan fingerprint density at radius 1 is 1.41 bits per heavy atom. The van der Waals surface area contributed by atoms with Gasteiger partial charge >= 0.3 is 0 Å². The summed E-state index contributed by atoms with van der Waals surface area (Å²) in [5, 5.41) is 8.86. The molecule has 0 saturated heterocycles. The molecule has 0 bridgehead atoms. The molecule has 0 amide bonds. The van der Waals surface area contributed by atoms with Gasteiger partial charge in [0.1, 0.15) is 5.82 Å². The zero-order valence-electron chi connectivity index (χ0n) is 10.1. The molecule has 1 saturated carbocycles. The molecule has 0 spiro atoms. The molecule has 1 aromatic rings. The summed E-state index contributed by atoms with van der Waals surface area (Å²) in [6.07, 6.45) is 4.60. The molecule has 2 rings (SSSR count). The molecule has 0 aliphatic heterocycles. The van der Waals surface area contributed by atoms with Gasteiger partial charge in [-0.3, -0.25) is 0 Å². The molecule has 1 aliphatic rings. The number of rotatable bonds is 5. The number of hydrogen-bond donors (Lipinski definition) is 0. The van der Waals surface area contributed by atoms with Crippen molar-refractivity contribution in [3.8, 4) is 6.07 Å². The van der Waals surface area contributed by atoms with Gasteiger partial charge in [0.25, 0.3) is 0 Å². The van der Waals surface area contributed by atoms with Gasteiger partial charge in [-0.1, -0.05) is 13.3 Å². The van der Waals surface area contributed by atoms with Gasteiger partial charge in [-0.2, -0.15) is 5.26 Å². The zero-order chi connectivity index (χ0) is 12.3. The maximum Gasteiger partial charge on any atom is 0.126 e. The van der Waals surface area contributed by atoms with Crippen molar-refractivity contribution in [1.82, 2.24) is 0 Å². The molecule has 2 nitrogen and oxygen atoms in total. The fourth-order valence-electron chi connectivity index (χ4n) is 2.04. The van der Waals surface area contributed by atoms with Crippen molar-refractivity contribution in [1.29, 1.82) is 5.26 Å². The summed E-state index contributed by atoms with van der Waals surface area (Å²) in [7, 11) is 0. The zero-order valence-corrected chi connectivity index (χ0v) is 10.1. The molecule has 90 valence electrons. The highest BCUT2D eigenvalue weighted by Gasteiger charge is 2.29. The van der Waals surface area contributed by atoms with Crippen molar-refractivity contribution in [2.24, 2.45) is 0 Å². The summed E-state index contributed by atoms with van der Waals surface area (Å²) in [4.78, 5) is 2.24. The van der Waals surface area contributed by atoms with Crippen LogP contribution in [-0.2, 0) is 0 Å². The first-order valence-electron chi connectivity index (χ1n) is 6.22. The minimum absolute atomic E-state index is 0.318. The fraction of sp³-hybridized carbons (Fsp3) is 0.500. The van der Waals surface area contributed by atoms with E-state index in [0.717, 1.165) is 25.1 Å². The van der Waals surface area contributed by atoms with Crippen molar-refractivity contribution in [3.63, 3.8) is 0 Å². The van der Waals surface area contributed by atoms with Gasteiger partial charge in [-0.25, -0.2) is 4.39 Å². The predicted molar refractivity (Wildman–Crippen MR) is 66.4 cm³/mol. The van der Waals surface area contributed by atoms with Gasteiger partial charge < -0.3 is 4.90 Å². The third kappa shape index (κ3) is 2.97. The summed E-state index contributed by atoms with van der Waals surface area (Å²) < 4.78 is 13.4. The number of hydrogen-bond acceptors (Lipinski definition) is 2. The minimum Gasteiger partial charge on any atom is -0.368 e. The molecular formula is C14H17FN2. The molecular weight excluding hydrogens is 215 g/mol. The van der Waals surface area contributed by atoms with E-state index in [9.17, 15) is 4.39 Å². The Balaban J connectivity index is 2.22. The van der Waals surface area contributed by atoms with Crippen LogP contribution in [0.3, 0.4) is 0 Å². The number of unbranched alkanes of at least 4 members (excludes halogenated alkanes) is 1. The highest BCUT2D eigenvalue weighted by Crippen LogP contribution is 2.32. The second-order valence-electron chi connectivity index (χ2n) is 4.59. The van der Waals surface area contributed by atoms with Crippen molar-refractivity contribution < 1.29 is 4.39 Å². The molecule has 0 unspecified atom stereocenters. The van der Waals surface area contributed by atoms with E-state index >= 15 is 0 Å². The van der Waals surface area contributed by atoms with Gasteiger partial charge in [0.15, 0.2) is 0 Å². The van der Waals surface area contributed by atoms with E-state index in [0.29, 0.717) is 11.6 Å². The van der Waals surface area contributed by atoms with Crippen LogP contribution in [0.1, 0.15) is 38.2 Å². The molecule has 3 heteroatoms. The van der Waals surface area contributed by atoms with Crippen LogP contribution in [0.15, 0.2) is 18.2 Å². The van der Waals surface area contributed by atoms with Crippen molar-refractivity contribution >= 4 is 5.69 Å². The first-order chi connectivity index (χ1) is 8.24. The molecule has 0 aromatic heterocycles. The van der Waals surface area contributed by atoms with Gasteiger partial charge in [0.2, 0.25) is 0 Å². The van der Waals surface area contributed by atoms with Crippen LogP contribution in [0.5, 0.6) is 0 Å². The molecule has 0 radical (unpaired) electrons. The van der Waals surface area contributed by atoms with Crippen LogP contribution < -0.4 is 4.90 Å². The van der Waals surface area contributed by atoms with Crippen LogP contribution in [-0.4, -0.2) is 12.6 Å². The summed E-state index contributed by atoms with van der Waals surface area (Å²) in [5.74, 6) is -0.318. The second kappa shape index (κ2) is 5.18. The summed E-state index contributed by atoms with van der Waals surface area (Å²) in [6, 6.07) is 7.17. The van der Waals surface area contributed by atoms with Crippen LogP contribution in [0, 0.1) is 17.1 Å². The number of benzene rings is 1. The lowest BCUT2D eigenvalue weighted by atomic mass is 10.2. The highest BCUT2D eigenvalue weighted by atomic mass is 19.1. The molecule has 0 N–H and O–H groups in total. The lowest BCUT2D eigenvalue weighted by Gasteiger charge is -2.24. The van der Waals surface area contributed by atoms with Gasteiger partial charge in [0.05, 0.1) is 11.6 Å². The third-order valence-corrected chi connectivity index (χ3v) is 3.08. The molecule has 1 aromatic carbocycles. The lowest BCUT2D eigenvalue weighted by Crippen LogP contribution is -2.26. The Bertz CT molecular complexity index is 432. The van der Waals surface area contributed by atoms with Gasteiger partial charge in [-0.05, 0) is 37.5 Å². The lowest BCUT2D eigenvalue weighted by molar-refractivity contribution is 0.624. The Kier molecular flexibility index (Phi) is 3.63. The maximum atomic E-state index is 13.4. The average Bonchev–Trinajstić information content (AvgIpc) is 3.13. The van der Waals surface area contributed by atoms with E-state index < -0.39 is 0 Å². The fourth-order valence-corrected chi connectivity index (χ4v) is 2.04. The number of nitriles is 1. The van der Waals surface area contributed by atoms with E-state index in [-0.39, 0.29) is 5.82 Å². The normalized spacial score (nSPS) is 14.4. The van der Waals surface area contributed by atoms with Crippen molar-refractivity contribution in [3.05, 3.63) is 29.6 Å². The van der Waals surface area contributed by atoms with Crippen LogP contribution in [0.2, 0.25) is 0 Å². The molecule has 1 aliphatic carbocycles. The quantitative estimate of drug-likeness (QED) is 0.777. The summed E-state index contributed by atoms with van der Waals surface area (Å²) >= 11 is 0. The Morgan fingerprint density at radius 2 is 2.18 bits per heavy atom. The maximum absolute atomic E-state index is 13.4. The van der Waals surface area contributed by atoms with Crippen molar-refractivity contribution in [2.75, 3.05) is 11.4 Å². The van der Waals surface area contributed by atoms with E-state index in [1.54, 1.807) is 6.07 Å². The van der Waals surface area contributed by atoms with E-state index in [1.165, 1.54) is 25.0 Å². The first kappa shape index (κ1) is 11.9. The average molecular weight is 232 g/mol. The monoisotopic (exact) mass is 232 g/mol. The predicted octanol–water partition coefficient (Wildman–Crippen LogP) is 3.47. The summed E-state index contributed by atoms with van der Waals surface area (Å²) in [6.45, 7) is 3.10. The molecule has 0 heterocycles. The summed E-state index contributed by atoms with van der Waals surface area (Å²) in [5.41, 5.74) is 1.26. The van der Waals surface area contributed by atoms with Gasteiger partial charge in [-0.15, -0.1) is 0 Å². The third-order valence-electron chi connectivity index (χ3n) is 3.08. The number of halogens is 1. The van der Waals surface area contributed by atoms with E-state index in [4.69, 9.17) is 5.26 Å². The van der Waals surface area contributed by atoms with Crippen LogP contribution in [0.25, 0.3) is 0 Å². The van der Waals surface area contributed by atoms with Gasteiger partial charge in [0, 0.05) is 18.3 Å². The van der Waals surface area contributed by atoms with Crippen LogP contribution in [0.4, 0.5) is 10.1 Å². The molecule has 17 heavy (non-hydrogen) atoms. The minimum atomic E-state index is -0.318. The van der Waals surface area contributed by atoms with E-state index in [2.05, 4.69) is 11.8 Å². The largest absolute Gasteiger partial charge is 0.368 e. The first-order valence-corrected chi connectivity index (χ1v) is 6.22. The molecule has 1 fully saturated rings. The number of anilines is 1. The van der Waals surface area contributed by atoms with Crippen LogP contribution >= 0.6 is 0 Å². The van der Waals surface area contributed by atoms with E-state index in [1.807, 2.05) is 6.07 Å². The SMILES string of the molecule is CCCCN(c1cc(F)cc(C#N)c1)C1CC1. The topological polar surface area (TPSA) is 27.0 Å². The molecule has 0 atom stereocenters. The standard InChI is InChI=1S/C14H17FN2/c1-2-3-6-17(13-4-5-13)14-8-11(10-16)7-12(15)9-14/h7-9,13H,2-6H2,1H3. The van der Waals surface area contributed by atoms with Crippen molar-refractivity contribution in [2.45, 2.75) is 38.6 Å².